The zero-order chi connectivity index (χ0) is 17.9. The van der Waals surface area contributed by atoms with Gasteiger partial charge in [-0.05, 0) is 30.2 Å². The molecule has 0 aromatic heterocycles. The Bertz CT molecular complexity index is 532. The molecule has 0 radical (unpaired) electrons. The summed E-state index contributed by atoms with van der Waals surface area (Å²) in [4.78, 5) is 18.7. The van der Waals surface area contributed by atoms with Gasteiger partial charge in [0.15, 0.2) is 5.96 Å². The predicted molar refractivity (Wildman–Crippen MR) is 104 cm³/mol. The first-order valence-electron chi connectivity index (χ1n) is 7.99. The Hall–Kier alpha value is -1.40. The molecule has 0 aliphatic carbocycles. The van der Waals surface area contributed by atoms with E-state index in [2.05, 4.69) is 29.5 Å². The highest BCUT2D eigenvalue weighted by molar-refractivity contribution is 7.99. The van der Waals surface area contributed by atoms with Crippen molar-refractivity contribution in [3.8, 4) is 0 Å². The van der Waals surface area contributed by atoms with Crippen LogP contribution in [0.2, 0.25) is 5.02 Å². The maximum atomic E-state index is 11.7. The van der Waals surface area contributed by atoms with Gasteiger partial charge < -0.3 is 15.5 Å². The molecule has 0 bridgehead atoms. The lowest BCUT2D eigenvalue weighted by Crippen LogP contribution is -2.41. The van der Waals surface area contributed by atoms with E-state index < -0.39 is 0 Å². The van der Waals surface area contributed by atoms with Gasteiger partial charge in [-0.3, -0.25) is 4.79 Å². The molecular weight excluding hydrogens is 344 g/mol. The summed E-state index contributed by atoms with van der Waals surface area (Å²) in [5.74, 6) is 2.06. The van der Waals surface area contributed by atoms with Crippen LogP contribution in [-0.4, -0.2) is 56.2 Å². The van der Waals surface area contributed by atoms with E-state index in [4.69, 9.17) is 11.6 Å². The number of halogens is 1. The molecule has 24 heavy (non-hydrogen) atoms. The minimum Gasteiger partial charge on any atom is -0.356 e. The van der Waals surface area contributed by atoms with Crippen molar-refractivity contribution < 1.29 is 4.79 Å². The Kier molecular flexibility index (Phi) is 9.64. The lowest BCUT2D eigenvalue weighted by molar-refractivity contribution is -0.127. The van der Waals surface area contributed by atoms with Gasteiger partial charge >= 0.3 is 0 Å². The third-order valence-electron chi connectivity index (χ3n) is 3.03. The summed E-state index contributed by atoms with van der Waals surface area (Å²) in [6.07, 6.45) is 0. The molecule has 0 aliphatic heterocycles. The molecule has 0 spiro atoms. The number of thioether (sulfide) groups is 1. The van der Waals surface area contributed by atoms with Gasteiger partial charge in [-0.2, -0.15) is 0 Å². The van der Waals surface area contributed by atoms with Crippen LogP contribution in [0.25, 0.3) is 0 Å². The largest absolute Gasteiger partial charge is 0.356 e. The fraction of sp³-hybridized carbons (Fsp3) is 0.529. The Labute approximate surface area is 154 Å². The van der Waals surface area contributed by atoms with Crippen LogP contribution in [0, 0.1) is 5.92 Å². The molecule has 134 valence electrons. The molecule has 7 heteroatoms. The SMILES string of the molecule is CC(C)CNC(=NCC(=O)N(C)C)NCCSc1ccc(Cl)cc1. The maximum Gasteiger partial charge on any atom is 0.243 e. The van der Waals surface area contributed by atoms with E-state index in [1.807, 2.05) is 24.3 Å². The average molecular weight is 371 g/mol. The van der Waals surface area contributed by atoms with E-state index in [9.17, 15) is 4.79 Å². The molecule has 2 N–H and O–H groups in total. The summed E-state index contributed by atoms with van der Waals surface area (Å²) < 4.78 is 0. The lowest BCUT2D eigenvalue weighted by atomic mass is 10.2. The van der Waals surface area contributed by atoms with E-state index in [0.29, 0.717) is 11.9 Å². The Morgan fingerprint density at radius 1 is 1.25 bits per heavy atom. The first-order valence-corrected chi connectivity index (χ1v) is 9.35. The first kappa shape index (κ1) is 20.6. The van der Waals surface area contributed by atoms with Crippen molar-refractivity contribution in [2.45, 2.75) is 18.7 Å². The van der Waals surface area contributed by atoms with Gasteiger partial charge in [0.25, 0.3) is 0 Å². The number of amides is 1. The van der Waals surface area contributed by atoms with Crippen molar-refractivity contribution >= 4 is 35.2 Å². The first-order chi connectivity index (χ1) is 11.4. The van der Waals surface area contributed by atoms with Gasteiger partial charge in [-0.15, -0.1) is 11.8 Å². The number of carbonyl (C=O) groups excluding carboxylic acids is 1. The van der Waals surface area contributed by atoms with Crippen LogP contribution in [0.1, 0.15) is 13.8 Å². The van der Waals surface area contributed by atoms with Crippen molar-refractivity contribution in [1.82, 2.24) is 15.5 Å². The number of carbonyl (C=O) groups is 1. The van der Waals surface area contributed by atoms with Gasteiger partial charge in [0.2, 0.25) is 5.91 Å². The second kappa shape index (κ2) is 11.2. The second-order valence-corrected chi connectivity index (χ2v) is 7.56. The molecule has 0 saturated heterocycles. The summed E-state index contributed by atoms with van der Waals surface area (Å²) in [6, 6.07) is 7.80. The fourth-order valence-corrected chi connectivity index (χ4v) is 2.53. The summed E-state index contributed by atoms with van der Waals surface area (Å²) >= 11 is 7.63. The smallest absolute Gasteiger partial charge is 0.243 e. The maximum absolute atomic E-state index is 11.7. The molecule has 1 aromatic carbocycles. The molecule has 1 rings (SSSR count). The highest BCUT2D eigenvalue weighted by Crippen LogP contribution is 2.19. The van der Waals surface area contributed by atoms with Crippen LogP contribution < -0.4 is 10.6 Å². The molecule has 0 aliphatic rings. The number of aliphatic imine (C=N–C) groups is 1. The topological polar surface area (TPSA) is 56.7 Å². The highest BCUT2D eigenvalue weighted by Gasteiger charge is 2.05. The number of hydrogen-bond acceptors (Lipinski definition) is 3. The fourth-order valence-electron chi connectivity index (χ4n) is 1.63. The molecule has 1 aromatic rings. The van der Waals surface area contributed by atoms with Gasteiger partial charge in [-0.25, -0.2) is 4.99 Å². The van der Waals surface area contributed by atoms with E-state index in [-0.39, 0.29) is 12.5 Å². The monoisotopic (exact) mass is 370 g/mol. The second-order valence-electron chi connectivity index (χ2n) is 5.96. The van der Waals surface area contributed by atoms with E-state index in [0.717, 1.165) is 23.9 Å². The van der Waals surface area contributed by atoms with E-state index >= 15 is 0 Å². The number of likely N-dealkylation sites (N-methyl/N-ethyl adjacent to an activating group) is 1. The normalized spacial score (nSPS) is 11.5. The highest BCUT2D eigenvalue weighted by atomic mass is 35.5. The number of hydrogen-bond donors (Lipinski definition) is 2. The summed E-state index contributed by atoms with van der Waals surface area (Å²) in [6.45, 7) is 5.97. The number of guanidine groups is 1. The minimum atomic E-state index is -0.0174. The van der Waals surface area contributed by atoms with Crippen LogP contribution in [0.15, 0.2) is 34.2 Å². The number of nitrogens with one attached hydrogen (secondary N) is 2. The van der Waals surface area contributed by atoms with E-state index in [1.54, 1.807) is 30.8 Å². The van der Waals surface area contributed by atoms with Gasteiger partial charge in [-0.1, -0.05) is 25.4 Å². The van der Waals surface area contributed by atoms with Crippen molar-refractivity contribution in [2.24, 2.45) is 10.9 Å². The van der Waals surface area contributed by atoms with Gasteiger partial charge in [0.1, 0.15) is 6.54 Å². The van der Waals surface area contributed by atoms with E-state index in [1.165, 1.54) is 4.90 Å². The number of rotatable bonds is 8. The van der Waals surface area contributed by atoms with Crippen molar-refractivity contribution in [1.29, 1.82) is 0 Å². The Morgan fingerprint density at radius 3 is 2.50 bits per heavy atom. The molecule has 0 unspecified atom stereocenters. The molecular formula is C17H27ClN4OS. The molecule has 5 nitrogen and oxygen atoms in total. The quantitative estimate of drug-likeness (QED) is 0.320. The molecule has 0 heterocycles. The van der Waals surface area contributed by atoms with Crippen LogP contribution in [0.5, 0.6) is 0 Å². The Balaban J connectivity index is 2.43. The number of nitrogens with zero attached hydrogens (tertiary/aromatic N) is 2. The van der Waals surface area contributed by atoms with Crippen molar-refractivity contribution in [2.75, 3.05) is 39.5 Å². The zero-order valence-corrected chi connectivity index (χ0v) is 16.4. The molecule has 0 saturated carbocycles. The lowest BCUT2D eigenvalue weighted by Gasteiger charge is -2.15. The van der Waals surface area contributed by atoms with Gasteiger partial charge in [0.05, 0.1) is 0 Å². The van der Waals surface area contributed by atoms with Crippen LogP contribution in [0.4, 0.5) is 0 Å². The Morgan fingerprint density at radius 2 is 1.92 bits per heavy atom. The summed E-state index contributed by atoms with van der Waals surface area (Å²) in [7, 11) is 3.46. The predicted octanol–water partition coefficient (Wildman–Crippen LogP) is 2.71. The number of benzene rings is 1. The van der Waals surface area contributed by atoms with Gasteiger partial charge in [0, 0.05) is 42.9 Å². The van der Waals surface area contributed by atoms with Crippen LogP contribution in [0.3, 0.4) is 0 Å². The zero-order valence-electron chi connectivity index (χ0n) is 14.8. The standard InChI is InChI=1S/C17H27ClN4OS/c1-13(2)11-20-17(21-12-16(23)22(3)4)19-9-10-24-15-7-5-14(18)6-8-15/h5-8,13H,9-12H2,1-4H3,(H2,19,20,21). The third-order valence-corrected chi connectivity index (χ3v) is 4.29. The summed E-state index contributed by atoms with van der Waals surface area (Å²) in [5, 5.41) is 7.28. The van der Waals surface area contributed by atoms with Crippen LogP contribution >= 0.6 is 23.4 Å². The van der Waals surface area contributed by atoms with Crippen LogP contribution in [-0.2, 0) is 4.79 Å². The average Bonchev–Trinajstić information content (AvgIpc) is 2.54. The third kappa shape index (κ3) is 9.03. The molecule has 1 amide bonds. The van der Waals surface area contributed by atoms with Crippen molar-refractivity contribution in [3.05, 3.63) is 29.3 Å². The molecule has 0 fully saturated rings. The molecule has 0 atom stereocenters. The summed E-state index contributed by atoms with van der Waals surface area (Å²) in [5.41, 5.74) is 0. The minimum absolute atomic E-state index is 0.0174. The van der Waals surface area contributed by atoms with Crippen molar-refractivity contribution in [3.63, 3.8) is 0 Å².